The van der Waals surface area contributed by atoms with Gasteiger partial charge in [-0.25, -0.2) is 4.79 Å². The van der Waals surface area contributed by atoms with Crippen molar-refractivity contribution < 1.29 is 27.8 Å². The molecule has 0 spiro atoms. The molecule has 0 saturated carbocycles. The van der Waals surface area contributed by atoms with E-state index in [2.05, 4.69) is 22.6 Å². The smallest absolute Gasteiger partial charge is 0.393 e. The molecule has 0 atom stereocenters. The summed E-state index contributed by atoms with van der Waals surface area (Å²) < 4.78 is 45.6. The van der Waals surface area contributed by atoms with Gasteiger partial charge in [-0.3, -0.25) is 0 Å². The van der Waals surface area contributed by atoms with E-state index in [1.807, 2.05) is 42.5 Å². The van der Waals surface area contributed by atoms with Crippen molar-refractivity contribution in [2.24, 2.45) is 0 Å². The number of aliphatic carboxylic acids is 1. The molecule has 0 saturated heterocycles. The second kappa shape index (κ2) is 11.6. The van der Waals surface area contributed by atoms with Gasteiger partial charge in [0.1, 0.15) is 5.75 Å². The molecule has 0 amide bonds. The van der Waals surface area contributed by atoms with Crippen LogP contribution in [0.15, 0.2) is 83.8 Å². The van der Waals surface area contributed by atoms with Crippen LogP contribution in [0.25, 0.3) is 5.57 Å². The molecule has 0 bridgehead atoms. The molecular formula is C25H20F3IO3S. The molecule has 0 radical (unpaired) electrons. The summed E-state index contributed by atoms with van der Waals surface area (Å²) >= 11 is 3.69. The van der Waals surface area contributed by atoms with Crippen LogP contribution >= 0.6 is 34.4 Å². The van der Waals surface area contributed by atoms with Gasteiger partial charge in [0, 0.05) is 14.2 Å². The van der Waals surface area contributed by atoms with E-state index in [1.54, 1.807) is 30.3 Å². The Morgan fingerprint density at radius 3 is 2.39 bits per heavy atom. The van der Waals surface area contributed by atoms with Crippen molar-refractivity contribution in [2.45, 2.75) is 17.5 Å². The maximum absolute atomic E-state index is 13.2. The molecule has 0 unspecified atom stereocenters. The van der Waals surface area contributed by atoms with Gasteiger partial charge in [0.25, 0.3) is 0 Å². The molecule has 3 aromatic rings. The SMILES string of the molecule is O=C(O)COc1ccc(SCC=C(c2ccccc2)c2ccccc2CC(F)(F)F)c(I)c1. The summed E-state index contributed by atoms with van der Waals surface area (Å²) in [6, 6.07) is 21.3. The lowest BCUT2D eigenvalue weighted by Crippen LogP contribution is -2.13. The molecule has 3 nitrogen and oxygen atoms in total. The van der Waals surface area contributed by atoms with E-state index in [0.717, 1.165) is 19.6 Å². The van der Waals surface area contributed by atoms with Crippen LogP contribution in [0.4, 0.5) is 13.2 Å². The standard InChI is InChI=1S/C25H20F3IO3S/c26-25(27,28)15-18-8-4-5-9-20(18)21(17-6-2-1-3-7-17)12-13-33-23-11-10-19(14-22(23)29)32-16-24(30)31/h1-12,14H,13,15-16H2,(H,30,31). The molecule has 0 aromatic heterocycles. The average Bonchev–Trinajstić information content (AvgIpc) is 2.77. The van der Waals surface area contributed by atoms with E-state index < -0.39 is 25.2 Å². The highest BCUT2D eigenvalue weighted by Gasteiger charge is 2.29. The topological polar surface area (TPSA) is 46.5 Å². The van der Waals surface area contributed by atoms with Gasteiger partial charge in [0.2, 0.25) is 0 Å². The van der Waals surface area contributed by atoms with Crippen LogP contribution < -0.4 is 4.74 Å². The molecule has 1 N–H and O–H groups in total. The number of alkyl halides is 3. The number of hydrogen-bond donors (Lipinski definition) is 1. The Labute approximate surface area is 207 Å². The first-order chi connectivity index (χ1) is 15.7. The highest BCUT2D eigenvalue weighted by molar-refractivity contribution is 14.1. The molecule has 3 rings (SSSR count). The number of benzene rings is 3. The summed E-state index contributed by atoms with van der Waals surface area (Å²) in [4.78, 5) is 11.6. The Morgan fingerprint density at radius 2 is 1.73 bits per heavy atom. The van der Waals surface area contributed by atoms with Crippen molar-refractivity contribution in [3.8, 4) is 5.75 Å². The molecule has 0 aliphatic heterocycles. The van der Waals surface area contributed by atoms with Gasteiger partial charge in [0.15, 0.2) is 6.61 Å². The molecule has 0 heterocycles. The van der Waals surface area contributed by atoms with Gasteiger partial charge in [0.05, 0.1) is 6.42 Å². The van der Waals surface area contributed by atoms with E-state index in [0.29, 0.717) is 17.1 Å². The summed E-state index contributed by atoms with van der Waals surface area (Å²) in [6.45, 7) is -0.414. The highest BCUT2D eigenvalue weighted by atomic mass is 127. The van der Waals surface area contributed by atoms with Crippen LogP contribution in [0, 0.1) is 3.57 Å². The van der Waals surface area contributed by atoms with Crippen molar-refractivity contribution in [2.75, 3.05) is 12.4 Å². The van der Waals surface area contributed by atoms with Gasteiger partial charge in [-0.15, -0.1) is 11.8 Å². The van der Waals surface area contributed by atoms with E-state index in [4.69, 9.17) is 9.84 Å². The zero-order chi connectivity index (χ0) is 23.8. The van der Waals surface area contributed by atoms with Crippen LogP contribution in [0.2, 0.25) is 0 Å². The average molecular weight is 584 g/mol. The van der Waals surface area contributed by atoms with Crippen LogP contribution in [0.3, 0.4) is 0 Å². The Hall–Kier alpha value is -2.46. The number of carboxylic acids is 1. The second-order valence-electron chi connectivity index (χ2n) is 7.02. The zero-order valence-electron chi connectivity index (χ0n) is 17.3. The first kappa shape index (κ1) is 25.2. The van der Waals surface area contributed by atoms with Gasteiger partial charge in [-0.2, -0.15) is 13.2 Å². The summed E-state index contributed by atoms with van der Waals surface area (Å²) in [7, 11) is 0. The van der Waals surface area contributed by atoms with Crippen molar-refractivity contribution in [1.82, 2.24) is 0 Å². The number of ether oxygens (including phenoxy) is 1. The molecular weight excluding hydrogens is 564 g/mol. The monoisotopic (exact) mass is 584 g/mol. The first-order valence-corrected chi connectivity index (χ1v) is 12.0. The Balaban J connectivity index is 1.86. The minimum absolute atomic E-state index is 0.236. The summed E-state index contributed by atoms with van der Waals surface area (Å²) in [5.41, 5.74) is 2.40. The molecule has 3 aromatic carbocycles. The summed E-state index contributed by atoms with van der Waals surface area (Å²) in [5.74, 6) is -0.0452. The number of halogens is 4. The van der Waals surface area contributed by atoms with Crippen molar-refractivity contribution >= 4 is 45.9 Å². The molecule has 0 aliphatic rings. The zero-order valence-corrected chi connectivity index (χ0v) is 20.3. The third-order valence-corrected chi connectivity index (χ3v) is 6.83. The summed E-state index contributed by atoms with van der Waals surface area (Å²) in [6.07, 6.45) is -3.34. The number of carboxylic acid groups (broad SMARTS) is 1. The Morgan fingerprint density at radius 1 is 1.03 bits per heavy atom. The Bertz CT molecular complexity index is 1130. The van der Waals surface area contributed by atoms with Gasteiger partial charge >= 0.3 is 12.1 Å². The molecule has 0 aliphatic carbocycles. The number of thioether (sulfide) groups is 1. The normalized spacial score (nSPS) is 11.9. The molecule has 0 fully saturated rings. The van der Waals surface area contributed by atoms with Crippen LogP contribution in [0.1, 0.15) is 16.7 Å². The maximum Gasteiger partial charge on any atom is 0.393 e. The van der Waals surface area contributed by atoms with Crippen LogP contribution in [-0.2, 0) is 11.2 Å². The highest BCUT2D eigenvalue weighted by Crippen LogP contribution is 2.33. The lowest BCUT2D eigenvalue weighted by molar-refractivity contribution is -0.139. The minimum atomic E-state index is -4.30. The first-order valence-electron chi connectivity index (χ1n) is 9.90. The fourth-order valence-electron chi connectivity index (χ4n) is 3.20. The fraction of sp³-hybridized carbons (Fsp3) is 0.160. The Kier molecular flexibility index (Phi) is 8.85. The van der Waals surface area contributed by atoms with Crippen LogP contribution in [0.5, 0.6) is 5.75 Å². The number of rotatable bonds is 9. The quantitative estimate of drug-likeness (QED) is 0.216. The third-order valence-electron chi connectivity index (χ3n) is 4.58. The third kappa shape index (κ3) is 7.82. The lowest BCUT2D eigenvalue weighted by atomic mass is 9.92. The number of carbonyl (C=O) groups is 1. The van der Waals surface area contributed by atoms with Gasteiger partial charge in [-0.05, 0) is 63.1 Å². The van der Waals surface area contributed by atoms with Crippen molar-refractivity contribution in [3.05, 3.63) is 99.1 Å². The predicted octanol–water partition coefficient (Wildman–Crippen LogP) is 7.08. The van der Waals surface area contributed by atoms with Crippen molar-refractivity contribution in [3.63, 3.8) is 0 Å². The van der Waals surface area contributed by atoms with E-state index in [9.17, 15) is 18.0 Å². The molecule has 172 valence electrons. The van der Waals surface area contributed by atoms with E-state index >= 15 is 0 Å². The predicted molar refractivity (Wildman–Crippen MR) is 133 cm³/mol. The molecule has 8 heteroatoms. The van der Waals surface area contributed by atoms with Gasteiger partial charge in [-0.1, -0.05) is 60.7 Å². The van der Waals surface area contributed by atoms with E-state index in [1.165, 1.54) is 17.8 Å². The van der Waals surface area contributed by atoms with Gasteiger partial charge < -0.3 is 9.84 Å². The molecule has 33 heavy (non-hydrogen) atoms. The summed E-state index contributed by atoms with van der Waals surface area (Å²) in [5, 5.41) is 8.74. The number of hydrogen-bond acceptors (Lipinski definition) is 3. The van der Waals surface area contributed by atoms with Crippen LogP contribution in [-0.4, -0.2) is 29.6 Å². The maximum atomic E-state index is 13.2. The fourth-order valence-corrected chi connectivity index (χ4v) is 4.95. The van der Waals surface area contributed by atoms with E-state index in [-0.39, 0.29) is 5.56 Å². The largest absolute Gasteiger partial charge is 0.482 e. The lowest BCUT2D eigenvalue weighted by Gasteiger charge is -2.15. The second-order valence-corrected chi connectivity index (χ2v) is 9.24. The minimum Gasteiger partial charge on any atom is -0.482 e. The van der Waals surface area contributed by atoms with Crippen molar-refractivity contribution in [1.29, 1.82) is 0 Å².